The summed E-state index contributed by atoms with van der Waals surface area (Å²) < 4.78 is 5.19. The Morgan fingerprint density at radius 1 is 1.42 bits per heavy atom. The van der Waals surface area contributed by atoms with Crippen LogP contribution in [0.4, 0.5) is 11.4 Å². The first-order chi connectivity index (χ1) is 9.20. The van der Waals surface area contributed by atoms with E-state index in [4.69, 9.17) is 10.5 Å². The Kier molecular flexibility index (Phi) is 4.28. The zero-order valence-corrected chi connectivity index (χ0v) is 11.4. The van der Waals surface area contributed by atoms with E-state index < -0.39 is 0 Å². The van der Waals surface area contributed by atoms with Crippen molar-refractivity contribution in [3.05, 3.63) is 35.7 Å². The van der Waals surface area contributed by atoms with E-state index in [9.17, 15) is 0 Å². The molecule has 1 aromatic heterocycles. The summed E-state index contributed by atoms with van der Waals surface area (Å²) in [5.41, 5.74) is 9.87. The van der Waals surface area contributed by atoms with Crippen LogP contribution in [-0.4, -0.2) is 23.9 Å². The summed E-state index contributed by atoms with van der Waals surface area (Å²) in [4.78, 5) is 0. The van der Waals surface area contributed by atoms with Gasteiger partial charge in [-0.2, -0.15) is 5.10 Å². The minimum atomic E-state index is 0.655. The van der Waals surface area contributed by atoms with E-state index in [0.29, 0.717) is 11.4 Å². The molecular weight excluding hydrogens is 240 g/mol. The molecule has 5 nitrogen and oxygen atoms in total. The van der Waals surface area contributed by atoms with E-state index in [0.717, 1.165) is 30.8 Å². The van der Waals surface area contributed by atoms with Crippen molar-refractivity contribution in [2.45, 2.75) is 19.8 Å². The molecule has 0 saturated carbocycles. The first kappa shape index (κ1) is 13.3. The van der Waals surface area contributed by atoms with Gasteiger partial charge in [0.1, 0.15) is 5.75 Å². The number of nitrogens with zero attached hydrogens (tertiary/aromatic N) is 1. The molecule has 0 atom stereocenters. The van der Waals surface area contributed by atoms with Gasteiger partial charge in [0.2, 0.25) is 0 Å². The molecule has 0 aliphatic carbocycles. The summed E-state index contributed by atoms with van der Waals surface area (Å²) >= 11 is 0. The van der Waals surface area contributed by atoms with Crippen molar-refractivity contribution in [2.75, 3.05) is 24.7 Å². The number of methoxy groups -OCH3 is 1. The van der Waals surface area contributed by atoms with Crippen LogP contribution in [0.5, 0.6) is 5.75 Å². The van der Waals surface area contributed by atoms with E-state index in [1.54, 1.807) is 7.11 Å². The summed E-state index contributed by atoms with van der Waals surface area (Å²) in [5, 5.41) is 10.3. The number of aryl methyl sites for hydroxylation is 2. The van der Waals surface area contributed by atoms with Gasteiger partial charge in [0, 0.05) is 24.0 Å². The minimum Gasteiger partial charge on any atom is -0.495 e. The fraction of sp³-hybridized carbons (Fsp3) is 0.357. The second kappa shape index (κ2) is 6.13. The monoisotopic (exact) mass is 260 g/mol. The van der Waals surface area contributed by atoms with Crippen LogP contribution < -0.4 is 15.8 Å². The van der Waals surface area contributed by atoms with Gasteiger partial charge in [-0.3, -0.25) is 5.10 Å². The normalized spacial score (nSPS) is 10.4. The highest BCUT2D eigenvalue weighted by molar-refractivity contribution is 5.61. The lowest BCUT2D eigenvalue weighted by Crippen LogP contribution is -2.04. The van der Waals surface area contributed by atoms with Gasteiger partial charge < -0.3 is 15.8 Å². The molecule has 0 saturated heterocycles. The Morgan fingerprint density at radius 2 is 2.26 bits per heavy atom. The number of benzene rings is 1. The number of nitrogens with two attached hydrogens (primary N) is 1. The number of H-pyrrole nitrogens is 1. The topological polar surface area (TPSA) is 76.0 Å². The average molecular weight is 260 g/mol. The standard InChI is InChI=1S/C14H20N4O/c1-10-11(9-17-18-10)4-3-7-16-12-5-6-13(15)14(8-12)19-2/h5-6,8-9,16H,3-4,7,15H2,1-2H3,(H,17,18). The molecule has 4 N–H and O–H groups in total. The van der Waals surface area contributed by atoms with Gasteiger partial charge in [-0.1, -0.05) is 0 Å². The fourth-order valence-electron chi connectivity index (χ4n) is 1.96. The summed E-state index contributed by atoms with van der Waals surface area (Å²) in [6.45, 7) is 2.94. The Balaban J connectivity index is 1.81. The van der Waals surface area contributed by atoms with Crippen LogP contribution in [0, 0.1) is 6.92 Å². The highest BCUT2D eigenvalue weighted by atomic mass is 16.5. The van der Waals surface area contributed by atoms with E-state index >= 15 is 0 Å². The summed E-state index contributed by atoms with van der Waals surface area (Å²) in [6.07, 6.45) is 3.95. The maximum atomic E-state index is 5.77. The highest BCUT2D eigenvalue weighted by Crippen LogP contribution is 2.24. The largest absolute Gasteiger partial charge is 0.495 e. The molecule has 0 aliphatic rings. The van der Waals surface area contributed by atoms with Crippen molar-refractivity contribution >= 4 is 11.4 Å². The predicted molar refractivity (Wildman–Crippen MR) is 77.5 cm³/mol. The number of nitrogen functional groups attached to an aromatic ring is 1. The van der Waals surface area contributed by atoms with Gasteiger partial charge in [0.15, 0.2) is 0 Å². The molecule has 0 radical (unpaired) electrons. The molecule has 19 heavy (non-hydrogen) atoms. The average Bonchev–Trinajstić information content (AvgIpc) is 2.82. The van der Waals surface area contributed by atoms with Gasteiger partial charge in [0.05, 0.1) is 19.0 Å². The molecule has 1 aromatic carbocycles. The number of hydrogen-bond acceptors (Lipinski definition) is 4. The number of anilines is 2. The minimum absolute atomic E-state index is 0.655. The predicted octanol–water partition coefficient (Wildman–Crippen LogP) is 2.35. The second-order valence-electron chi connectivity index (χ2n) is 4.51. The zero-order valence-electron chi connectivity index (χ0n) is 11.4. The van der Waals surface area contributed by atoms with Gasteiger partial charge in [-0.15, -0.1) is 0 Å². The number of ether oxygens (including phenoxy) is 1. The Hall–Kier alpha value is -2.17. The van der Waals surface area contributed by atoms with Crippen molar-refractivity contribution in [1.82, 2.24) is 10.2 Å². The lowest BCUT2D eigenvalue weighted by atomic mass is 10.1. The number of aromatic nitrogens is 2. The molecule has 0 bridgehead atoms. The number of nitrogens with one attached hydrogen (secondary N) is 2. The van der Waals surface area contributed by atoms with Crippen LogP contribution in [0.1, 0.15) is 17.7 Å². The van der Waals surface area contributed by atoms with Crippen LogP contribution in [0.25, 0.3) is 0 Å². The quantitative estimate of drug-likeness (QED) is 0.550. The summed E-state index contributed by atoms with van der Waals surface area (Å²) in [6, 6.07) is 5.72. The van der Waals surface area contributed by atoms with E-state index in [2.05, 4.69) is 15.5 Å². The molecule has 1 heterocycles. The number of aromatic amines is 1. The van der Waals surface area contributed by atoms with E-state index in [1.807, 2.05) is 31.3 Å². The van der Waals surface area contributed by atoms with E-state index in [-0.39, 0.29) is 0 Å². The summed E-state index contributed by atoms with van der Waals surface area (Å²) in [5.74, 6) is 0.704. The van der Waals surface area contributed by atoms with E-state index in [1.165, 1.54) is 5.56 Å². The van der Waals surface area contributed by atoms with Gasteiger partial charge >= 0.3 is 0 Å². The van der Waals surface area contributed by atoms with Crippen LogP contribution in [0.2, 0.25) is 0 Å². The van der Waals surface area contributed by atoms with Crippen molar-refractivity contribution in [3.63, 3.8) is 0 Å². The molecule has 2 aromatic rings. The second-order valence-corrected chi connectivity index (χ2v) is 4.51. The maximum absolute atomic E-state index is 5.77. The molecule has 5 heteroatoms. The molecule has 0 unspecified atom stereocenters. The Labute approximate surface area is 113 Å². The molecule has 0 aliphatic heterocycles. The third kappa shape index (κ3) is 3.40. The lowest BCUT2D eigenvalue weighted by molar-refractivity contribution is 0.417. The highest BCUT2D eigenvalue weighted by Gasteiger charge is 2.02. The van der Waals surface area contributed by atoms with Gasteiger partial charge in [0.25, 0.3) is 0 Å². The van der Waals surface area contributed by atoms with Crippen LogP contribution in [-0.2, 0) is 6.42 Å². The molecule has 0 spiro atoms. The lowest BCUT2D eigenvalue weighted by Gasteiger charge is -2.09. The molecule has 0 amide bonds. The SMILES string of the molecule is COc1cc(NCCCc2cn[nH]c2C)ccc1N. The zero-order chi connectivity index (χ0) is 13.7. The Bertz CT molecular complexity index is 536. The molecule has 2 rings (SSSR count). The third-order valence-electron chi connectivity index (χ3n) is 3.12. The Morgan fingerprint density at radius 3 is 2.95 bits per heavy atom. The van der Waals surface area contributed by atoms with Crippen LogP contribution in [0.15, 0.2) is 24.4 Å². The smallest absolute Gasteiger partial charge is 0.143 e. The summed E-state index contributed by atoms with van der Waals surface area (Å²) in [7, 11) is 1.62. The molecule has 102 valence electrons. The van der Waals surface area contributed by atoms with Crippen LogP contribution in [0.3, 0.4) is 0 Å². The van der Waals surface area contributed by atoms with Crippen molar-refractivity contribution in [1.29, 1.82) is 0 Å². The van der Waals surface area contributed by atoms with Crippen molar-refractivity contribution in [3.8, 4) is 5.75 Å². The van der Waals surface area contributed by atoms with Crippen molar-refractivity contribution < 1.29 is 4.74 Å². The van der Waals surface area contributed by atoms with Gasteiger partial charge in [-0.05, 0) is 37.5 Å². The van der Waals surface area contributed by atoms with Crippen LogP contribution >= 0.6 is 0 Å². The number of hydrogen-bond donors (Lipinski definition) is 3. The first-order valence-corrected chi connectivity index (χ1v) is 6.37. The van der Waals surface area contributed by atoms with Gasteiger partial charge in [-0.25, -0.2) is 0 Å². The third-order valence-corrected chi connectivity index (χ3v) is 3.12. The molecule has 0 fully saturated rings. The fourth-order valence-corrected chi connectivity index (χ4v) is 1.96. The van der Waals surface area contributed by atoms with Crippen molar-refractivity contribution in [2.24, 2.45) is 0 Å². The number of rotatable bonds is 6. The first-order valence-electron chi connectivity index (χ1n) is 6.37. The maximum Gasteiger partial charge on any atom is 0.143 e. The molecular formula is C14H20N4O.